The number of benzene rings is 1. The zero-order valence-electron chi connectivity index (χ0n) is 13.5. The molecule has 0 saturated carbocycles. The summed E-state index contributed by atoms with van der Waals surface area (Å²) in [7, 11) is 0. The van der Waals surface area contributed by atoms with Crippen LogP contribution < -0.4 is 0 Å². The number of hydrogen-bond acceptors (Lipinski definition) is 2. The quantitative estimate of drug-likeness (QED) is 0.730. The summed E-state index contributed by atoms with van der Waals surface area (Å²) in [5.41, 5.74) is 0.611. The van der Waals surface area contributed by atoms with E-state index in [1.54, 1.807) is 25.3 Å². The van der Waals surface area contributed by atoms with Crippen LogP contribution in [-0.2, 0) is 4.74 Å². The van der Waals surface area contributed by atoms with Gasteiger partial charge in [0, 0.05) is 17.9 Å². The molecule has 1 aliphatic rings. The van der Waals surface area contributed by atoms with Gasteiger partial charge in [0.2, 0.25) is 0 Å². The summed E-state index contributed by atoms with van der Waals surface area (Å²) in [4.78, 5) is 12.4. The van der Waals surface area contributed by atoms with Crippen LogP contribution >= 0.6 is 0 Å². The zero-order chi connectivity index (χ0) is 16.5. The van der Waals surface area contributed by atoms with Crippen LogP contribution in [-0.4, -0.2) is 28.5 Å². The Balaban J connectivity index is 2.43. The number of amides is 1. The fraction of sp³-hybridized carbons (Fsp3) is 0.529. The Kier molecular flexibility index (Phi) is 4.63. The van der Waals surface area contributed by atoms with Crippen molar-refractivity contribution in [3.8, 4) is 0 Å². The van der Waals surface area contributed by atoms with Crippen LogP contribution in [0.1, 0.15) is 46.1 Å². The molecule has 22 heavy (non-hydrogen) atoms. The van der Waals surface area contributed by atoms with Gasteiger partial charge in [-0.3, -0.25) is 0 Å². The van der Waals surface area contributed by atoms with Crippen molar-refractivity contribution in [2.24, 2.45) is 5.92 Å². The molecular weight excluding hydrogens is 288 g/mol. The number of carbonyl (C=O) groups is 1. The van der Waals surface area contributed by atoms with Gasteiger partial charge in [0.25, 0.3) is 0 Å². The number of halogens is 2. The highest BCUT2D eigenvalue weighted by Gasteiger charge is 2.35. The van der Waals surface area contributed by atoms with Crippen LogP contribution in [0, 0.1) is 17.6 Å². The van der Waals surface area contributed by atoms with Crippen molar-refractivity contribution in [3.05, 3.63) is 35.4 Å². The van der Waals surface area contributed by atoms with E-state index in [1.165, 1.54) is 6.07 Å². The van der Waals surface area contributed by atoms with Gasteiger partial charge in [-0.25, -0.2) is 8.78 Å². The van der Waals surface area contributed by atoms with Gasteiger partial charge in [0.05, 0.1) is 0 Å². The normalized spacial score (nSPS) is 19.3. The van der Waals surface area contributed by atoms with Crippen molar-refractivity contribution < 1.29 is 22.9 Å². The summed E-state index contributed by atoms with van der Waals surface area (Å²) >= 11 is 0. The Bertz CT molecular complexity index is 618. The highest BCUT2D eigenvalue weighted by atomic mass is 19.2. The first-order valence-electron chi connectivity index (χ1n) is 7.49. The molecule has 1 atom stereocenters. The standard InChI is InChI=1S/C17H22F2NO2/c1-11-5-8-15(12-6-7-13(18)14(19)9-12)20(10-11)16(21)22-17(2,3)4/h6-7,9,11H,5,8,10H2,1-4H3/q+1. The van der Waals surface area contributed by atoms with Crippen molar-refractivity contribution in [3.63, 3.8) is 0 Å². The van der Waals surface area contributed by atoms with E-state index in [-0.39, 0.29) is 0 Å². The van der Waals surface area contributed by atoms with E-state index in [1.807, 2.05) is 0 Å². The van der Waals surface area contributed by atoms with E-state index >= 15 is 0 Å². The fourth-order valence-corrected chi connectivity index (χ4v) is 2.51. The third-order valence-corrected chi connectivity index (χ3v) is 3.56. The van der Waals surface area contributed by atoms with Crippen molar-refractivity contribution in [1.29, 1.82) is 0 Å². The predicted molar refractivity (Wildman–Crippen MR) is 80.2 cm³/mol. The molecule has 0 aliphatic carbocycles. The third kappa shape index (κ3) is 3.90. The van der Waals surface area contributed by atoms with E-state index in [4.69, 9.17) is 4.74 Å². The van der Waals surface area contributed by atoms with Crippen LogP contribution in [0.4, 0.5) is 13.6 Å². The van der Waals surface area contributed by atoms with E-state index < -0.39 is 23.3 Å². The van der Waals surface area contributed by atoms with Gasteiger partial charge >= 0.3 is 6.09 Å². The maximum absolute atomic E-state index is 13.5. The Hall–Kier alpha value is -1.78. The largest absolute Gasteiger partial charge is 0.597 e. The molecule has 0 radical (unpaired) electrons. The van der Waals surface area contributed by atoms with Gasteiger partial charge in [-0.05, 0) is 45.4 Å². The highest BCUT2D eigenvalue weighted by Crippen LogP contribution is 2.21. The van der Waals surface area contributed by atoms with Gasteiger partial charge in [-0.1, -0.05) is 6.92 Å². The molecular formula is C17H22F2NO2+. The van der Waals surface area contributed by atoms with E-state index in [0.29, 0.717) is 30.2 Å². The van der Waals surface area contributed by atoms with E-state index in [2.05, 4.69) is 6.92 Å². The summed E-state index contributed by atoms with van der Waals surface area (Å²) in [5.74, 6) is -1.47. The lowest BCUT2D eigenvalue weighted by Gasteiger charge is -2.22. The average molecular weight is 310 g/mol. The van der Waals surface area contributed by atoms with Gasteiger partial charge < -0.3 is 4.74 Å². The second kappa shape index (κ2) is 6.15. The number of ether oxygens (including phenoxy) is 1. The lowest BCUT2D eigenvalue weighted by atomic mass is 9.94. The van der Waals surface area contributed by atoms with Gasteiger partial charge in [-0.2, -0.15) is 4.79 Å². The third-order valence-electron chi connectivity index (χ3n) is 3.56. The molecule has 120 valence electrons. The van der Waals surface area contributed by atoms with Gasteiger partial charge in [0.1, 0.15) is 5.60 Å². The topological polar surface area (TPSA) is 29.3 Å². The predicted octanol–water partition coefficient (Wildman–Crippen LogP) is 4.13. The number of rotatable bonds is 1. The summed E-state index contributed by atoms with van der Waals surface area (Å²) in [5, 5.41) is 0. The minimum atomic E-state index is -0.909. The Labute approximate surface area is 129 Å². The molecule has 5 heteroatoms. The van der Waals surface area contributed by atoms with Crippen molar-refractivity contribution >= 4 is 11.8 Å². The number of nitrogens with zero attached hydrogens (tertiary/aromatic N) is 1. The summed E-state index contributed by atoms with van der Waals surface area (Å²) in [6.07, 6.45) is 1.08. The smallest absolute Gasteiger partial charge is 0.406 e. The second-order valence-corrected chi connectivity index (χ2v) is 6.81. The molecule has 0 aromatic heterocycles. The molecule has 1 heterocycles. The SMILES string of the molecule is CC1CCC(c2ccc(F)c(F)c2)=[N+](C(=O)OC(C)(C)C)C1. The van der Waals surface area contributed by atoms with Gasteiger partial charge in [0.15, 0.2) is 23.9 Å². The molecule has 3 nitrogen and oxygen atoms in total. The van der Waals surface area contributed by atoms with Crippen LogP contribution in [0.3, 0.4) is 0 Å². The Morgan fingerprint density at radius 3 is 2.55 bits per heavy atom. The van der Waals surface area contributed by atoms with Crippen LogP contribution in [0.5, 0.6) is 0 Å². The molecule has 0 bridgehead atoms. The molecule has 0 N–H and O–H groups in total. The second-order valence-electron chi connectivity index (χ2n) is 6.81. The van der Waals surface area contributed by atoms with Crippen LogP contribution in [0.25, 0.3) is 0 Å². The molecule has 1 unspecified atom stereocenters. The van der Waals surface area contributed by atoms with Crippen molar-refractivity contribution in [2.75, 3.05) is 6.54 Å². The lowest BCUT2D eigenvalue weighted by Crippen LogP contribution is -2.39. The molecule has 1 aromatic rings. The van der Waals surface area contributed by atoms with Crippen molar-refractivity contribution in [2.45, 2.75) is 46.1 Å². The molecule has 1 aliphatic heterocycles. The zero-order valence-corrected chi connectivity index (χ0v) is 13.5. The first-order chi connectivity index (χ1) is 10.2. The first kappa shape index (κ1) is 16.6. The highest BCUT2D eigenvalue weighted by molar-refractivity contribution is 5.99. The molecule has 0 spiro atoms. The van der Waals surface area contributed by atoms with E-state index in [0.717, 1.165) is 18.6 Å². The monoisotopic (exact) mass is 310 g/mol. The van der Waals surface area contributed by atoms with Crippen LogP contribution in [0.2, 0.25) is 0 Å². The molecule has 0 saturated heterocycles. The molecule has 2 rings (SSSR count). The summed E-state index contributed by atoms with van der Waals surface area (Å²) in [6.45, 7) is 7.98. The lowest BCUT2D eigenvalue weighted by molar-refractivity contribution is -0.463. The van der Waals surface area contributed by atoms with Crippen LogP contribution in [0.15, 0.2) is 18.2 Å². The molecule has 1 aromatic carbocycles. The first-order valence-corrected chi connectivity index (χ1v) is 7.49. The minimum Gasteiger partial charge on any atom is -0.406 e. The Morgan fingerprint density at radius 1 is 1.27 bits per heavy atom. The molecule has 0 fully saturated rings. The maximum atomic E-state index is 13.5. The summed E-state index contributed by atoms with van der Waals surface area (Å²) in [6, 6.07) is 3.72. The number of hydrogen-bond donors (Lipinski definition) is 0. The average Bonchev–Trinajstić information content (AvgIpc) is 2.40. The minimum absolute atomic E-state index is 0.335. The van der Waals surface area contributed by atoms with E-state index in [9.17, 15) is 13.6 Å². The molecule has 1 amide bonds. The van der Waals surface area contributed by atoms with Gasteiger partial charge in [-0.15, -0.1) is 4.58 Å². The van der Waals surface area contributed by atoms with Crippen molar-refractivity contribution in [1.82, 2.24) is 0 Å². The summed E-state index contributed by atoms with van der Waals surface area (Å²) < 4.78 is 33.6. The fourth-order valence-electron chi connectivity index (χ4n) is 2.51. The Morgan fingerprint density at radius 2 is 1.95 bits per heavy atom. The maximum Gasteiger partial charge on any atom is 0.597 e. The number of carbonyl (C=O) groups excluding carboxylic acids is 1.